The van der Waals surface area contributed by atoms with Gasteiger partial charge in [-0.15, -0.1) is 0 Å². The van der Waals surface area contributed by atoms with E-state index < -0.39 is 11.7 Å². The molecular formula is C8H15NO3. The predicted octanol–water partition coefficient (Wildman–Crippen LogP) is 1.40. The van der Waals surface area contributed by atoms with Gasteiger partial charge in [0.25, 0.3) is 0 Å². The molecule has 12 heavy (non-hydrogen) atoms. The highest BCUT2D eigenvalue weighted by atomic mass is 16.6. The molecule has 0 aliphatic carbocycles. The molecular weight excluding hydrogens is 158 g/mol. The van der Waals surface area contributed by atoms with Crippen LogP contribution in [0.4, 0.5) is 4.79 Å². The topological polar surface area (TPSA) is 46.6 Å². The second kappa shape index (κ2) is 3.56. The molecule has 0 N–H and O–H groups in total. The molecule has 4 nitrogen and oxygen atoms in total. The van der Waals surface area contributed by atoms with Crippen molar-refractivity contribution in [3.63, 3.8) is 0 Å². The first-order valence-corrected chi connectivity index (χ1v) is 3.71. The summed E-state index contributed by atoms with van der Waals surface area (Å²) in [6, 6.07) is 0. The Morgan fingerprint density at radius 3 is 1.92 bits per heavy atom. The third kappa shape index (κ3) is 3.95. The molecule has 0 aliphatic heterocycles. The standard InChI is InChI=1S/C8H15NO3/c1-6(10)9(5)7(11)12-8(2,3)4/h1-5H3. The summed E-state index contributed by atoms with van der Waals surface area (Å²) < 4.78 is 4.93. The second-order valence-electron chi connectivity index (χ2n) is 3.56. The van der Waals surface area contributed by atoms with E-state index in [0.717, 1.165) is 4.90 Å². The van der Waals surface area contributed by atoms with Gasteiger partial charge in [-0.1, -0.05) is 0 Å². The highest BCUT2D eigenvalue weighted by Gasteiger charge is 2.21. The van der Waals surface area contributed by atoms with Gasteiger partial charge in [-0.25, -0.2) is 4.79 Å². The van der Waals surface area contributed by atoms with Gasteiger partial charge in [0.15, 0.2) is 0 Å². The third-order valence-electron chi connectivity index (χ3n) is 1.14. The van der Waals surface area contributed by atoms with Crippen LogP contribution in [-0.4, -0.2) is 29.5 Å². The van der Waals surface area contributed by atoms with Crippen LogP contribution >= 0.6 is 0 Å². The fourth-order valence-corrected chi connectivity index (χ4v) is 0.459. The van der Waals surface area contributed by atoms with Crippen molar-refractivity contribution in [1.82, 2.24) is 4.90 Å². The molecule has 0 rings (SSSR count). The lowest BCUT2D eigenvalue weighted by atomic mass is 10.2. The van der Waals surface area contributed by atoms with E-state index >= 15 is 0 Å². The number of hydrogen-bond donors (Lipinski definition) is 0. The summed E-state index contributed by atoms with van der Waals surface area (Å²) in [4.78, 5) is 22.7. The normalized spacial score (nSPS) is 10.8. The fraction of sp³-hybridized carbons (Fsp3) is 0.750. The van der Waals surface area contributed by atoms with Crippen LogP contribution < -0.4 is 0 Å². The van der Waals surface area contributed by atoms with E-state index in [1.54, 1.807) is 20.8 Å². The van der Waals surface area contributed by atoms with Crippen LogP contribution in [0, 0.1) is 0 Å². The van der Waals surface area contributed by atoms with Crippen molar-refractivity contribution in [1.29, 1.82) is 0 Å². The molecule has 0 aromatic carbocycles. The SMILES string of the molecule is CC(=O)N(C)C(=O)OC(C)(C)C. The van der Waals surface area contributed by atoms with Crippen LogP contribution in [0.25, 0.3) is 0 Å². The molecule has 0 aliphatic rings. The average Bonchev–Trinajstić information content (AvgIpc) is 1.82. The van der Waals surface area contributed by atoms with E-state index in [4.69, 9.17) is 4.74 Å². The number of carbonyl (C=O) groups is 2. The lowest BCUT2D eigenvalue weighted by Crippen LogP contribution is -2.36. The molecule has 0 bridgehead atoms. The Balaban J connectivity index is 4.15. The quantitative estimate of drug-likeness (QED) is 0.556. The largest absolute Gasteiger partial charge is 0.443 e. The number of hydrogen-bond acceptors (Lipinski definition) is 3. The van der Waals surface area contributed by atoms with E-state index in [1.807, 2.05) is 0 Å². The highest BCUT2D eigenvalue weighted by Crippen LogP contribution is 2.08. The van der Waals surface area contributed by atoms with Crippen LogP contribution in [0.3, 0.4) is 0 Å². The number of imide groups is 1. The maximum Gasteiger partial charge on any atom is 0.416 e. The molecule has 4 heteroatoms. The van der Waals surface area contributed by atoms with Crippen LogP contribution in [0.15, 0.2) is 0 Å². The van der Waals surface area contributed by atoms with Crippen LogP contribution in [0.1, 0.15) is 27.7 Å². The lowest BCUT2D eigenvalue weighted by molar-refractivity contribution is -0.126. The van der Waals surface area contributed by atoms with Crippen LogP contribution in [0.5, 0.6) is 0 Å². The Bertz CT molecular complexity index is 193. The van der Waals surface area contributed by atoms with Gasteiger partial charge in [0, 0.05) is 14.0 Å². The van der Waals surface area contributed by atoms with Gasteiger partial charge in [-0.3, -0.25) is 9.69 Å². The van der Waals surface area contributed by atoms with Crippen molar-refractivity contribution in [2.45, 2.75) is 33.3 Å². The van der Waals surface area contributed by atoms with E-state index in [-0.39, 0.29) is 5.91 Å². The van der Waals surface area contributed by atoms with Crippen LogP contribution in [-0.2, 0) is 9.53 Å². The summed E-state index contributed by atoms with van der Waals surface area (Å²) in [5, 5.41) is 0. The minimum absolute atomic E-state index is 0.329. The summed E-state index contributed by atoms with van der Waals surface area (Å²) in [7, 11) is 1.39. The second-order valence-corrected chi connectivity index (χ2v) is 3.56. The van der Waals surface area contributed by atoms with Gasteiger partial charge in [0.2, 0.25) is 5.91 Å². The highest BCUT2D eigenvalue weighted by molar-refractivity contribution is 5.90. The molecule has 0 aromatic heterocycles. The zero-order valence-corrected chi connectivity index (χ0v) is 8.17. The minimum Gasteiger partial charge on any atom is -0.443 e. The molecule has 0 saturated heterocycles. The Kier molecular flexibility index (Phi) is 3.24. The molecule has 0 atom stereocenters. The molecule has 70 valence electrons. The first-order valence-electron chi connectivity index (χ1n) is 3.71. The maximum atomic E-state index is 11.1. The zero-order chi connectivity index (χ0) is 9.94. The van der Waals surface area contributed by atoms with Crippen molar-refractivity contribution >= 4 is 12.0 Å². The molecule has 0 heterocycles. The van der Waals surface area contributed by atoms with Crippen molar-refractivity contribution in [3.05, 3.63) is 0 Å². The van der Waals surface area contributed by atoms with E-state index in [0.29, 0.717) is 0 Å². The first-order chi connectivity index (χ1) is 5.24. The molecule has 0 radical (unpaired) electrons. The monoisotopic (exact) mass is 173 g/mol. The van der Waals surface area contributed by atoms with Gasteiger partial charge in [0.05, 0.1) is 0 Å². The van der Waals surface area contributed by atoms with E-state index in [1.165, 1.54) is 14.0 Å². The van der Waals surface area contributed by atoms with E-state index in [2.05, 4.69) is 0 Å². The average molecular weight is 173 g/mol. The molecule has 0 spiro atoms. The fourth-order valence-electron chi connectivity index (χ4n) is 0.459. The summed E-state index contributed by atoms with van der Waals surface area (Å²) >= 11 is 0. The number of ether oxygens (including phenoxy) is 1. The molecule has 0 aromatic rings. The van der Waals surface area contributed by atoms with Gasteiger partial charge in [-0.2, -0.15) is 0 Å². The number of carbonyl (C=O) groups excluding carboxylic acids is 2. The van der Waals surface area contributed by atoms with Gasteiger partial charge in [0.1, 0.15) is 5.60 Å². The summed E-state index contributed by atoms with van der Waals surface area (Å²) in [5.74, 6) is -0.329. The lowest BCUT2D eigenvalue weighted by Gasteiger charge is -2.22. The Morgan fingerprint density at radius 1 is 1.25 bits per heavy atom. The molecule has 0 fully saturated rings. The smallest absolute Gasteiger partial charge is 0.416 e. The van der Waals surface area contributed by atoms with Crippen LogP contribution in [0.2, 0.25) is 0 Å². The summed E-state index contributed by atoms with van der Waals surface area (Å²) in [5.41, 5.74) is -0.555. The van der Waals surface area contributed by atoms with Crippen molar-refractivity contribution in [3.8, 4) is 0 Å². The zero-order valence-electron chi connectivity index (χ0n) is 8.17. The van der Waals surface area contributed by atoms with Crippen molar-refractivity contribution < 1.29 is 14.3 Å². The van der Waals surface area contributed by atoms with Gasteiger partial charge < -0.3 is 4.74 Å². The number of nitrogens with zero attached hydrogens (tertiary/aromatic N) is 1. The first kappa shape index (κ1) is 10.9. The molecule has 0 unspecified atom stereocenters. The number of amides is 2. The third-order valence-corrected chi connectivity index (χ3v) is 1.14. The molecule has 2 amide bonds. The van der Waals surface area contributed by atoms with Gasteiger partial charge >= 0.3 is 6.09 Å². The Hall–Kier alpha value is -1.06. The summed E-state index contributed by atoms with van der Waals surface area (Å²) in [6.07, 6.45) is -0.616. The minimum atomic E-state index is -0.616. The predicted molar refractivity (Wildman–Crippen MR) is 44.7 cm³/mol. The van der Waals surface area contributed by atoms with E-state index in [9.17, 15) is 9.59 Å². The maximum absolute atomic E-state index is 11.1. The molecule has 0 saturated carbocycles. The Morgan fingerprint density at radius 2 is 1.67 bits per heavy atom. The van der Waals surface area contributed by atoms with Crippen molar-refractivity contribution in [2.75, 3.05) is 7.05 Å². The van der Waals surface area contributed by atoms with Gasteiger partial charge in [-0.05, 0) is 20.8 Å². The number of rotatable bonds is 0. The summed E-state index contributed by atoms with van der Waals surface area (Å²) in [6.45, 7) is 6.56. The Labute approximate surface area is 72.5 Å². The van der Waals surface area contributed by atoms with Crippen molar-refractivity contribution in [2.24, 2.45) is 0 Å².